The molecule has 1 N–H and O–H groups in total. The topological polar surface area (TPSA) is 81.4 Å². The number of ether oxygens (including phenoxy) is 1. The Hall–Kier alpha value is -3.98. The second-order valence-corrected chi connectivity index (χ2v) is 9.58. The number of nitrogens with one attached hydrogen (secondary N) is 1. The van der Waals surface area contributed by atoms with Gasteiger partial charge < -0.3 is 19.5 Å². The van der Waals surface area contributed by atoms with Gasteiger partial charge in [-0.2, -0.15) is 5.10 Å². The molecule has 2 amide bonds. The van der Waals surface area contributed by atoms with Crippen molar-refractivity contribution in [1.29, 1.82) is 0 Å². The summed E-state index contributed by atoms with van der Waals surface area (Å²) < 4.78 is 9.07. The van der Waals surface area contributed by atoms with E-state index in [9.17, 15) is 9.59 Å². The third-order valence-electron chi connectivity index (χ3n) is 6.47. The Morgan fingerprint density at radius 2 is 1.84 bits per heavy atom. The van der Waals surface area contributed by atoms with Gasteiger partial charge in [-0.25, -0.2) is 9.48 Å². The van der Waals surface area contributed by atoms with Crippen molar-refractivity contribution in [2.45, 2.75) is 31.3 Å². The van der Waals surface area contributed by atoms with Gasteiger partial charge >= 0.3 is 12.0 Å². The number of carbonyl (C=O) groups excluding carboxylic acids is 2. The van der Waals surface area contributed by atoms with E-state index in [1.54, 1.807) is 23.6 Å². The molecule has 0 saturated carbocycles. The van der Waals surface area contributed by atoms with E-state index < -0.39 is 5.97 Å². The number of amides is 2. The van der Waals surface area contributed by atoms with Crippen LogP contribution in [0.1, 0.15) is 35.5 Å². The molecule has 0 aliphatic carbocycles. The van der Waals surface area contributed by atoms with E-state index in [0.717, 1.165) is 38.9 Å². The number of nitrogens with zero attached hydrogens (tertiary/aromatic N) is 4. The first kappa shape index (κ1) is 24.7. The maximum Gasteiger partial charge on any atom is 0.325 e. The maximum absolute atomic E-state index is 13.7. The highest BCUT2D eigenvalue weighted by atomic mass is 32.2. The number of thioether (sulfide) groups is 1. The van der Waals surface area contributed by atoms with Crippen LogP contribution in [-0.4, -0.2) is 50.7 Å². The zero-order valence-electron chi connectivity index (χ0n) is 21.0. The lowest BCUT2D eigenvalue weighted by atomic mass is 10.0. The predicted molar refractivity (Wildman–Crippen MR) is 143 cm³/mol. The van der Waals surface area contributed by atoms with Crippen molar-refractivity contribution in [2.24, 2.45) is 0 Å². The van der Waals surface area contributed by atoms with Crippen LogP contribution < -0.4 is 5.32 Å². The monoisotopic (exact) mass is 515 g/mol. The van der Waals surface area contributed by atoms with Gasteiger partial charge in [0.25, 0.3) is 0 Å². The number of esters is 1. The van der Waals surface area contributed by atoms with Crippen molar-refractivity contribution in [2.75, 3.05) is 19.4 Å². The minimum atomic E-state index is -0.469. The van der Waals surface area contributed by atoms with Gasteiger partial charge in [0.2, 0.25) is 0 Å². The number of hydrogen-bond acceptors (Lipinski definition) is 5. The molecule has 2 aromatic heterocycles. The summed E-state index contributed by atoms with van der Waals surface area (Å²) in [4.78, 5) is 28.6. The number of rotatable bonds is 6. The van der Waals surface area contributed by atoms with E-state index in [0.29, 0.717) is 6.54 Å². The van der Waals surface area contributed by atoms with Gasteiger partial charge in [0.15, 0.2) is 0 Å². The van der Waals surface area contributed by atoms with Crippen LogP contribution in [0.3, 0.4) is 0 Å². The summed E-state index contributed by atoms with van der Waals surface area (Å²) in [6.07, 6.45) is 4.05. The number of aromatic nitrogens is 3. The number of benzene rings is 2. The Morgan fingerprint density at radius 1 is 1.08 bits per heavy atom. The highest BCUT2D eigenvalue weighted by Crippen LogP contribution is 2.38. The van der Waals surface area contributed by atoms with Gasteiger partial charge in [-0.15, -0.1) is 11.8 Å². The van der Waals surface area contributed by atoms with E-state index in [1.807, 2.05) is 66.5 Å². The second-order valence-electron chi connectivity index (χ2n) is 8.71. The number of fused-ring (bicyclic) bond motifs is 3. The summed E-state index contributed by atoms with van der Waals surface area (Å²) in [6.45, 7) is 4.09. The Morgan fingerprint density at radius 3 is 2.54 bits per heavy atom. The Balaban J connectivity index is 1.64. The largest absolute Gasteiger partial charge is 0.465 e. The van der Waals surface area contributed by atoms with E-state index in [2.05, 4.69) is 34.1 Å². The van der Waals surface area contributed by atoms with Crippen LogP contribution in [-0.2, 0) is 16.1 Å². The van der Waals surface area contributed by atoms with Crippen molar-refractivity contribution >= 4 is 23.8 Å². The fraction of sp³-hybridized carbons (Fsp3) is 0.250. The maximum atomic E-state index is 13.7. The summed E-state index contributed by atoms with van der Waals surface area (Å²) in [5, 5.41) is 7.63. The zero-order valence-corrected chi connectivity index (χ0v) is 21.9. The first-order valence-electron chi connectivity index (χ1n) is 12.2. The summed E-state index contributed by atoms with van der Waals surface area (Å²) in [6, 6.07) is 21.5. The molecule has 0 saturated heterocycles. The van der Waals surface area contributed by atoms with Gasteiger partial charge in [-0.3, -0.25) is 4.79 Å². The SMILES string of the molecule is CCOC(=O)CNC(=O)N1Cc2c(C)nn(-c3ccccc3)c2-n2cccc2[C@@H]1c1ccc(SC)cc1. The molecule has 3 heterocycles. The lowest BCUT2D eigenvalue weighted by molar-refractivity contribution is -0.141. The molecule has 0 spiro atoms. The van der Waals surface area contributed by atoms with Crippen molar-refractivity contribution in [3.05, 3.63) is 95.4 Å². The molecule has 4 aromatic rings. The number of para-hydroxylation sites is 1. The molecule has 190 valence electrons. The van der Waals surface area contributed by atoms with Crippen LogP contribution in [0, 0.1) is 6.92 Å². The number of aryl methyl sites for hydroxylation is 1. The van der Waals surface area contributed by atoms with E-state index in [-0.39, 0.29) is 25.2 Å². The second kappa shape index (κ2) is 10.6. The fourth-order valence-corrected chi connectivity index (χ4v) is 5.16. The average Bonchev–Trinajstić information content (AvgIpc) is 3.48. The molecule has 0 radical (unpaired) electrons. The standard InChI is InChI=1S/C28H29N5O3S/c1-4-36-25(34)17-29-28(35)32-18-23-19(2)30-33(21-9-6-5-7-10-21)27(23)31-16-8-11-24(31)26(32)20-12-14-22(37-3)15-13-20/h5-16,26H,4,17-18H2,1-3H3,(H,29,35)/t26-/m0/s1. The molecule has 5 rings (SSSR count). The smallest absolute Gasteiger partial charge is 0.325 e. The third-order valence-corrected chi connectivity index (χ3v) is 7.21. The molecule has 0 bridgehead atoms. The van der Waals surface area contributed by atoms with Crippen molar-refractivity contribution in [3.63, 3.8) is 0 Å². The van der Waals surface area contributed by atoms with Crippen LogP contribution in [0.2, 0.25) is 0 Å². The molecular weight excluding hydrogens is 486 g/mol. The third kappa shape index (κ3) is 4.74. The summed E-state index contributed by atoms with van der Waals surface area (Å²) in [7, 11) is 0. The predicted octanol–water partition coefficient (Wildman–Crippen LogP) is 4.87. The van der Waals surface area contributed by atoms with Gasteiger partial charge in [0, 0.05) is 16.7 Å². The van der Waals surface area contributed by atoms with Crippen LogP contribution in [0.5, 0.6) is 0 Å². The van der Waals surface area contributed by atoms with Gasteiger partial charge in [0.1, 0.15) is 12.4 Å². The molecule has 9 heteroatoms. The number of carbonyl (C=O) groups is 2. The van der Waals surface area contributed by atoms with Crippen molar-refractivity contribution in [1.82, 2.24) is 24.6 Å². The number of urea groups is 1. The molecule has 37 heavy (non-hydrogen) atoms. The minimum Gasteiger partial charge on any atom is -0.465 e. The van der Waals surface area contributed by atoms with Gasteiger partial charge in [-0.05, 0) is 62.1 Å². The number of hydrogen-bond donors (Lipinski definition) is 1. The fourth-order valence-electron chi connectivity index (χ4n) is 4.75. The highest BCUT2D eigenvalue weighted by molar-refractivity contribution is 7.98. The first-order valence-corrected chi connectivity index (χ1v) is 13.4. The lowest BCUT2D eigenvalue weighted by Crippen LogP contribution is -2.44. The quantitative estimate of drug-likeness (QED) is 0.293. The van der Waals surface area contributed by atoms with E-state index in [1.165, 1.54) is 0 Å². The molecular formula is C28H29N5O3S. The molecule has 2 aromatic carbocycles. The molecule has 0 unspecified atom stereocenters. The Bertz CT molecular complexity index is 1410. The normalized spacial score (nSPS) is 14.5. The van der Waals surface area contributed by atoms with Crippen LogP contribution in [0.4, 0.5) is 4.79 Å². The molecule has 8 nitrogen and oxygen atoms in total. The summed E-state index contributed by atoms with van der Waals surface area (Å²) in [5.74, 6) is 0.429. The zero-order chi connectivity index (χ0) is 25.9. The Kier molecular flexibility index (Phi) is 7.05. The van der Waals surface area contributed by atoms with E-state index in [4.69, 9.17) is 9.84 Å². The van der Waals surface area contributed by atoms with Gasteiger partial charge in [0.05, 0.1) is 36.3 Å². The molecule has 0 fully saturated rings. The van der Waals surface area contributed by atoms with Crippen LogP contribution in [0.15, 0.2) is 77.8 Å². The molecule has 1 aliphatic heterocycles. The van der Waals surface area contributed by atoms with Crippen molar-refractivity contribution in [3.8, 4) is 11.5 Å². The average molecular weight is 516 g/mol. The summed E-state index contributed by atoms with van der Waals surface area (Å²) in [5.41, 5.74) is 4.62. The summed E-state index contributed by atoms with van der Waals surface area (Å²) >= 11 is 1.67. The highest BCUT2D eigenvalue weighted by Gasteiger charge is 2.36. The Labute approximate surface area is 220 Å². The lowest BCUT2D eigenvalue weighted by Gasteiger charge is -2.31. The van der Waals surface area contributed by atoms with Crippen LogP contribution in [0.25, 0.3) is 11.5 Å². The van der Waals surface area contributed by atoms with Crippen molar-refractivity contribution < 1.29 is 14.3 Å². The first-order chi connectivity index (χ1) is 18.0. The molecule has 1 atom stereocenters. The van der Waals surface area contributed by atoms with Crippen LogP contribution >= 0.6 is 11.8 Å². The van der Waals surface area contributed by atoms with Gasteiger partial charge in [-0.1, -0.05) is 30.3 Å². The van der Waals surface area contributed by atoms with E-state index >= 15 is 0 Å². The minimum absolute atomic E-state index is 0.197. The molecule has 1 aliphatic rings.